The normalized spacial score (nSPS) is 28.5. The summed E-state index contributed by atoms with van der Waals surface area (Å²) in [6, 6.07) is 7.66. The Morgan fingerprint density at radius 3 is 2.78 bits per heavy atom. The highest BCUT2D eigenvalue weighted by Gasteiger charge is 2.47. The van der Waals surface area contributed by atoms with Gasteiger partial charge in [-0.3, -0.25) is 0 Å². The number of hydrogen-bond donors (Lipinski definition) is 1. The van der Waals surface area contributed by atoms with Gasteiger partial charge >= 0.3 is 0 Å². The van der Waals surface area contributed by atoms with E-state index in [-0.39, 0.29) is 0 Å². The van der Waals surface area contributed by atoms with Gasteiger partial charge in [0, 0.05) is 6.26 Å². The van der Waals surface area contributed by atoms with E-state index in [2.05, 4.69) is 0 Å². The van der Waals surface area contributed by atoms with Crippen LogP contribution in [0, 0.1) is 0 Å². The predicted octanol–water partition coefficient (Wildman–Crippen LogP) is 2.03. The Hall–Kier alpha value is -0.870. The second-order valence-electron chi connectivity index (χ2n) is 5.19. The molecule has 0 aromatic heterocycles. The van der Waals surface area contributed by atoms with Gasteiger partial charge in [0.1, 0.15) is 5.60 Å². The zero-order valence-electron chi connectivity index (χ0n) is 10.9. The molecule has 1 aliphatic carbocycles. The Morgan fingerprint density at radius 2 is 2.17 bits per heavy atom. The molecule has 0 saturated heterocycles. The molecule has 0 spiro atoms. The van der Waals surface area contributed by atoms with Crippen LogP contribution in [0.4, 0.5) is 0 Å². The summed E-state index contributed by atoms with van der Waals surface area (Å²) in [5, 5.41) is 10.1. The molecule has 2 atom stereocenters. The number of sulfone groups is 1. The summed E-state index contributed by atoms with van der Waals surface area (Å²) in [5.74, 6) is 0. The number of hydrogen-bond acceptors (Lipinski definition) is 3. The minimum Gasteiger partial charge on any atom is -0.384 e. The van der Waals surface area contributed by atoms with Gasteiger partial charge in [-0.2, -0.15) is 0 Å². The van der Waals surface area contributed by atoms with E-state index in [9.17, 15) is 13.5 Å². The fourth-order valence-corrected chi connectivity index (χ4v) is 4.47. The standard InChI is InChI=1S/C14H20O3S/c1-3-11-6-4-7-12(10-11)14(15)9-5-8-13(14)18(2,16)17/h4,6-7,10,13,15H,3,5,8-9H2,1-2H3. The highest BCUT2D eigenvalue weighted by Crippen LogP contribution is 2.42. The molecular formula is C14H20O3S. The first kappa shape index (κ1) is 13.6. The molecule has 18 heavy (non-hydrogen) atoms. The lowest BCUT2D eigenvalue weighted by molar-refractivity contribution is 0.0476. The summed E-state index contributed by atoms with van der Waals surface area (Å²) in [5.41, 5.74) is 0.661. The van der Waals surface area contributed by atoms with Crippen molar-refractivity contribution in [1.29, 1.82) is 0 Å². The van der Waals surface area contributed by atoms with Gasteiger partial charge < -0.3 is 5.11 Å². The lowest BCUT2D eigenvalue weighted by Crippen LogP contribution is -2.39. The van der Waals surface area contributed by atoms with Crippen LogP contribution in [-0.4, -0.2) is 25.0 Å². The van der Waals surface area contributed by atoms with E-state index in [1.54, 1.807) is 0 Å². The first-order valence-corrected chi connectivity index (χ1v) is 8.34. The topological polar surface area (TPSA) is 54.4 Å². The fourth-order valence-electron chi connectivity index (χ4n) is 2.92. The Bertz CT molecular complexity index is 536. The SMILES string of the molecule is CCc1cccc(C2(O)CCCC2S(C)(=O)=O)c1. The summed E-state index contributed by atoms with van der Waals surface area (Å²) in [7, 11) is -3.23. The fraction of sp³-hybridized carbons (Fsp3) is 0.571. The van der Waals surface area contributed by atoms with Gasteiger partial charge in [-0.05, 0) is 36.8 Å². The van der Waals surface area contributed by atoms with E-state index in [0.717, 1.165) is 24.0 Å². The summed E-state index contributed by atoms with van der Waals surface area (Å²) < 4.78 is 23.6. The molecule has 1 N–H and O–H groups in total. The third kappa shape index (κ3) is 2.31. The molecule has 1 aromatic rings. The minimum atomic E-state index is -3.23. The Kier molecular flexibility index (Phi) is 3.52. The maximum atomic E-state index is 11.8. The van der Waals surface area contributed by atoms with Crippen LogP contribution in [0.1, 0.15) is 37.3 Å². The van der Waals surface area contributed by atoms with Crippen LogP contribution in [0.3, 0.4) is 0 Å². The third-order valence-electron chi connectivity index (χ3n) is 3.91. The van der Waals surface area contributed by atoms with Crippen molar-refractivity contribution in [3.8, 4) is 0 Å². The lowest BCUT2D eigenvalue weighted by atomic mass is 9.90. The van der Waals surface area contributed by atoms with E-state index in [4.69, 9.17) is 0 Å². The smallest absolute Gasteiger partial charge is 0.153 e. The summed E-state index contributed by atoms with van der Waals surface area (Å²) in [6.45, 7) is 2.05. The molecule has 2 rings (SSSR count). The zero-order valence-corrected chi connectivity index (χ0v) is 11.7. The number of aryl methyl sites for hydroxylation is 1. The van der Waals surface area contributed by atoms with E-state index < -0.39 is 20.7 Å². The van der Waals surface area contributed by atoms with Crippen LogP contribution in [-0.2, 0) is 21.9 Å². The molecule has 0 radical (unpaired) electrons. The van der Waals surface area contributed by atoms with Crippen molar-refractivity contribution in [2.75, 3.05) is 6.26 Å². The number of benzene rings is 1. The van der Waals surface area contributed by atoms with Gasteiger partial charge in [0.15, 0.2) is 9.84 Å². The van der Waals surface area contributed by atoms with Crippen molar-refractivity contribution >= 4 is 9.84 Å². The maximum Gasteiger partial charge on any atom is 0.153 e. The third-order valence-corrected chi connectivity index (χ3v) is 5.57. The quantitative estimate of drug-likeness (QED) is 0.912. The van der Waals surface area contributed by atoms with Crippen LogP contribution in [0.25, 0.3) is 0 Å². The summed E-state index contributed by atoms with van der Waals surface area (Å²) in [6.07, 6.45) is 3.93. The van der Waals surface area contributed by atoms with Crippen LogP contribution in [0.5, 0.6) is 0 Å². The molecule has 0 bridgehead atoms. The predicted molar refractivity (Wildman–Crippen MR) is 72.2 cm³/mol. The van der Waals surface area contributed by atoms with Crippen LogP contribution in [0.15, 0.2) is 24.3 Å². The Labute approximate surface area is 109 Å². The average molecular weight is 268 g/mol. The number of rotatable bonds is 3. The first-order chi connectivity index (χ1) is 8.38. The average Bonchev–Trinajstić information content (AvgIpc) is 2.73. The molecule has 0 amide bonds. The molecule has 0 heterocycles. The molecular weight excluding hydrogens is 248 g/mol. The maximum absolute atomic E-state index is 11.8. The van der Waals surface area contributed by atoms with E-state index in [1.165, 1.54) is 6.26 Å². The number of aliphatic hydroxyl groups is 1. The van der Waals surface area contributed by atoms with Gasteiger partial charge in [0.05, 0.1) is 5.25 Å². The lowest BCUT2D eigenvalue weighted by Gasteiger charge is -2.29. The van der Waals surface area contributed by atoms with Gasteiger partial charge in [-0.25, -0.2) is 8.42 Å². The van der Waals surface area contributed by atoms with Crippen LogP contribution < -0.4 is 0 Å². The second kappa shape index (κ2) is 4.67. The Balaban J connectivity index is 2.46. The van der Waals surface area contributed by atoms with E-state index in [0.29, 0.717) is 12.8 Å². The Morgan fingerprint density at radius 1 is 1.44 bits per heavy atom. The highest BCUT2D eigenvalue weighted by atomic mass is 32.2. The largest absolute Gasteiger partial charge is 0.384 e. The minimum absolute atomic E-state index is 0.526. The molecule has 1 aromatic carbocycles. The molecule has 100 valence electrons. The van der Waals surface area contributed by atoms with Crippen molar-refractivity contribution in [2.24, 2.45) is 0 Å². The monoisotopic (exact) mass is 268 g/mol. The van der Waals surface area contributed by atoms with Crippen molar-refractivity contribution in [3.05, 3.63) is 35.4 Å². The van der Waals surface area contributed by atoms with Crippen molar-refractivity contribution in [1.82, 2.24) is 0 Å². The second-order valence-corrected chi connectivity index (χ2v) is 7.42. The zero-order chi connectivity index (χ0) is 13.4. The van der Waals surface area contributed by atoms with Gasteiger partial charge in [-0.15, -0.1) is 0 Å². The van der Waals surface area contributed by atoms with E-state index in [1.807, 2.05) is 31.2 Å². The molecule has 3 nitrogen and oxygen atoms in total. The highest BCUT2D eigenvalue weighted by molar-refractivity contribution is 7.91. The summed E-state index contributed by atoms with van der Waals surface area (Å²) in [4.78, 5) is 0. The van der Waals surface area contributed by atoms with Crippen LogP contribution in [0.2, 0.25) is 0 Å². The van der Waals surface area contributed by atoms with Gasteiger partial charge in [-0.1, -0.05) is 31.2 Å². The molecule has 0 aliphatic heterocycles. The molecule has 4 heteroatoms. The molecule has 1 aliphatic rings. The molecule has 1 fully saturated rings. The van der Waals surface area contributed by atoms with E-state index >= 15 is 0 Å². The first-order valence-electron chi connectivity index (χ1n) is 6.38. The van der Waals surface area contributed by atoms with Crippen molar-refractivity contribution < 1.29 is 13.5 Å². The molecule has 1 saturated carbocycles. The van der Waals surface area contributed by atoms with Crippen molar-refractivity contribution in [2.45, 2.75) is 43.5 Å². The van der Waals surface area contributed by atoms with Crippen LogP contribution >= 0.6 is 0 Å². The van der Waals surface area contributed by atoms with Crippen molar-refractivity contribution in [3.63, 3.8) is 0 Å². The summed E-state index contributed by atoms with van der Waals surface area (Å²) >= 11 is 0. The van der Waals surface area contributed by atoms with Gasteiger partial charge in [0.2, 0.25) is 0 Å². The molecule has 2 unspecified atom stereocenters. The van der Waals surface area contributed by atoms with Gasteiger partial charge in [0.25, 0.3) is 0 Å².